The number of hydrogen-bond acceptors (Lipinski definition) is 3. The molecule has 1 saturated heterocycles. The Morgan fingerprint density at radius 1 is 1.05 bits per heavy atom. The van der Waals surface area contributed by atoms with Crippen LogP contribution in [0.2, 0.25) is 0 Å². The van der Waals surface area contributed by atoms with Gasteiger partial charge in [-0.3, -0.25) is 14.5 Å². The van der Waals surface area contributed by atoms with Gasteiger partial charge in [0.05, 0.1) is 0 Å². The quantitative estimate of drug-likeness (QED) is 0.874. The summed E-state index contributed by atoms with van der Waals surface area (Å²) in [6.07, 6.45) is 2.02. The maximum absolute atomic E-state index is 11.9. The van der Waals surface area contributed by atoms with Gasteiger partial charge in [-0.2, -0.15) is 0 Å². The van der Waals surface area contributed by atoms with Crippen molar-refractivity contribution in [3.05, 3.63) is 30.3 Å². The smallest absolute Gasteiger partial charge is 0.225 e. The molecule has 0 radical (unpaired) electrons. The van der Waals surface area contributed by atoms with Crippen molar-refractivity contribution >= 4 is 17.5 Å². The summed E-state index contributed by atoms with van der Waals surface area (Å²) in [4.78, 5) is 27.9. The number of nitrogens with one attached hydrogen (secondary N) is 1. The third-order valence-electron chi connectivity index (χ3n) is 3.90. The Balaban J connectivity index is 1.66. The van der Waals surface area contributed by atoms with Gasteiger partial charge in [0.1, 0.15) is 0 Å². The molecule has 2 rings (SSSR count). The summed E-state index contributed by atoms with van der Waals surface area (Å²) in [6.45, 7) is 6.04. The van der Waals surface area contributed by atoms with Crippen LogP contribution in [0.3, 0.4) is 0 Å². The number of carbonyl (C=O) groups is 2. The van der Waals surface area contributed by atoms with Crippen molar-refractivity contribution in [2.45, 2.75) is 26.2 Å². The molecule has 5 heteroatoms. The highest BCUT2D eigenvalue weighted by atomic mass is 16.2. The van der Waals surface area contributed by atoms with Crippen molar-refractivity contribution in [3.8, 4) is 0 Å². The lowest BCUT2D eigenvalue weighted by Crippen LogP contribution is -2.49. The predicted octanol–water partition coefficient (Wildman–Crippen LogP) is 1.96. The number of anilines is 1. The highest BCUT2D eigenvalue weighted by molar-refractivity contribution is 5.90. The zero-order chi connectivity index (χ0) is 15.8. The number of piperazine rings is 1. The van der Waals surface area contributed by atoms with Gasteiger partial charge in [0.25, 0.3) is 0 Å². The summed E-state index contributed by atoms with van der Waals surface area (Å²) in [7, 11) is 0. The predicted molar refractivity (Wildman–Crippen MR) is 87.6 cm³/mol. The van der Waals surface area contributed by atoms with Gasteiger partial charge >= 0.3 is 0 Å². The molecule has 1 fully saturated rings. The maximum Gasteiger partial charge on any atom is 0.225 e. The van der Waals surface area contributed by atoms with Crippen LogP contribution < -0.4 is 5.32 Å². The van der Waals surface area contributed by atoms with Crippen LogP contribution in [0.5, 0.6) is 0 Å². The van der Waals surface area contributed by atoms with Crippen molar-refractivity contribution in [2.75, 3.05) is 38.0 Å². The molecule has 5 nitrogen and oxygen atoms in total. The van der Waals surface area contributed by atoms with Crippen LogP contribution in [0.15, 0.2) is 30.3 Å². The fourth-order valence-electron chi connectivity index (χ4n) is 2.60. The second kappa shape index (κ2) is 8.54. The van der Waals surface area contributed by atoms with Crippen LogP contribution in [0.25, 0.3) is 0 Å². The molecule has 22 heavy (non-hydrogen) atoms. The first-order valence-corrected chi connectivity index (χ1v) is 8.04. The Kier molecular flexibility index (Phi) is 6.40. The summed E-state index contributed by atoms with van der Waals surface area (Å²) < 4.78 is 0. The number of hydrogen-bond donors (Lipinski definition) is 1. The maximum atomic E-state index is 11.9. The van der Waals surface area contributed by atoms with Crippen LogP contribution in [0.4, 0.5) is 5.69 Å². The van der Waals surface area contributed by atoms with E-state index in [2.05, 4.69) is 10.2 Å². The van der Waals surface area contributed by atoms with E-state index >= 15 is 0 Å². The van der Waals surface area contributed by atoms with Crippen LogP contribution in [-0.2, 0) is 9.59 Å². The Morgan fingerprint density at radius 3 is 2.36 bits per heavy atom. The molecule has 1 aromatic carbocycles. The third-order valence-corrected chi connectivity index (χ3v) is 3.90. The number of amides is 2. The molecule has 1 aromatic rings. The van der Waals surface area contributed by atoms with Gasteiger partial charge in [0.15, 0.2) is 0 Å². The largest absolute Gasteiger partial charge is 0.340 e. The molecule has 0 atom stereocenters. The molecule has 2 amide bonds. The van der Waals surface area contributed by atoms with Crippen molar-refractivity contribution in [2.24, 2.45) is 0 Å². The van der Waals surface area contributed by atoms with Gasteiger partial charge in [-0.05, 0) is 18.6 Å². The van der Waals surface area contributed by atoms with Crippen LogP contribution in [-0.4, -0.2) is 54.3 Å². The molecular formula is C17H25N3O2. The minimum absolute atomic E-state index is 0.0377. The minimum Gasteiger partial charge on any atom is -0.340 e. The number of carbonyl (C=O) groups excluding carboxylic acids is 2. The molecule has 0 saturated carbocycles. The normalized spacial score (nSPS) is 15.6. The Hall–Kier alpha value is -1.88. The van der Waals surface area contributed by atoms with Crippen molar-refractivity contribution in [3.63, 3.8) is 0 Å². The van der Waals surface area contributed by atoms with Crippen molar-refractivity contribution < 1.29 is 9.59 Å². The molecule has 1 aliphatic rings. The molecule has 1 heterocycles. The second-order valence-electron chi connectivity index (χ2n) is 5.64. The first kappa shape index (κ1) is 16.5. The van der Waals surface area contributed by atoms with E-state index in [1.54, 1.807) is 0 Å². The average molecular weight is 303 g/mol. The highest BCUT2D eigenvalue weighted by Gasteiger charge is 2.20. The van der Waals surface area contributed by atoms with Gasteiger partial charge in [-0.25, -0.2) is 0 Å². The second-order valence-corrected chi connectivity index (χ2v) is 5.64. The molecule has 0 spiro atoms. The molecule has 0 aliphatic carbocycles. The van der Waals surface area contributed by atoms with E-state index in [4.69, 9.17) is 0 Å². The van der Waals surface area contributed by atoms with Crippen molar-refractivity contribution in [1.82, 2.24) is 9.80 Å². The standard InChI is InChI=1S/C17H25N3O2/c1-2-6-17(22)20-13-11-19(12-14-20)10-9-16(21)18-15-7-4-3-5-8-15/h3-5,7-8H,2,6,9-14H2,1H3,(H,18,21). The van der Waals surface area contributed by atoms with E-state index in [0.717, 1.165) is 44.8 Å². The Bertz CT molecular complexity index is 482. The van der Waals surface area contributed by atoms with E-state index in [9.17, 15) is 9.59 Å². The summed E-state index contributed by atoms with van der Waals surface area (Å²) in [5.41, 5.74) is 0.836. The number of nitrogens with zero attached hydrogens (tertiary/aromatic N) is 2. The summed E-state index contributed by atoms with van der Waals surface area (Å²) in [5, 5.41) is 2.90. The Labute approximate surface area is 132 Å². The van der Waals surface area contributed by atoms with Gasteiger partial charge in [-0.15, -0.1) is 0 Å². The lowest BCUT2D eigenvalue weighted by atomic mass is 10.2. The fraction of sp³-hybridized carbons (Fsp3) is 0.529. The molecule has 1 N–H and O–H groups in total. The van der Waals surface area contributed by atoms with Crippen LogP contribution in [0, 0.1) is 0 Å². The van der Waals surface area contributed by atoms with Gasteiger partial charge in [0.2, 0.25) is 11.8 Å². The summed E-state index contributed by atoms with van der Waals surface area (Å²) >= 11 is 0. The van der Waals surface area contributed by atoms with E-state index < -0.39 is 0 Å². The number of para-hydroxylation sites is 1. The van der Waals surface area contributed by atoms with Crippen molar-refractivity contribution in [1.29, 1.82) is 0 Å². The van der Waals surface area contributed by atoms with E-state index in [0.29, 0.717) is 12.8 Å². The monoisotopic (exact) mass is 303 g/mol. The van der Waals surface area contributed by atoms with Gasteiger partial charge in [0, 0.05) is 51.3 Å². The first-order chi connectivity index (χ1) is 10.7. The number of rotatable bonds is 6. The minimum atomic E-state index is 0.0377. The SMILES string of the molecule is CCCC(=O)N1CCN(CCC(=O)Nc2ccccc2)CC1. The summed E-state index contributed by atoms with van der Waals surface area (Å²) in [5.74, 6) is 0.291. The lowest BCUT2D eigenvalue weighted by molar-refractivity contribution is -0.133. The van der Waals surface area contributed by atoms with E-state index in [1.165, 1.54) is 0 Å². The van der Waals surface area contributed by atoms with E-state index in [-0.39, 0.29) is 11.8 Å². The Morgan fingerprint density at radius 2 is 1.73 bits per heavy atom. The average Bonchev–Trinajstić information content (AvgIpc) is 2.54. The molecule has 0 aromatic heterocycles. The van der Waals surface area contributed by atoms with E-state index in [1.807, 2.05) is 42.2 Å². The van der Waals surface area contributed by atoms with Crippen LogP contribution in [0.1, 0.15) is 26.2 Å². The first-order valence-electron chi connectivity index (χ1n) is 8.04. The number of benzene rings is 1. The topological polar surface area (TPSA) is 52.7 Å². The molecule has 120 valence electrons. The third kappa shape index (κ3) is 5.15. The molecule has 1 aliphatic heterocycles. The lowest BCUT2D eigenvalue weighted by Gasteiger charge is -2.34. The highest BCUT2D eigenvalue weighted by Crippen LogP contribution is 2.08. The molecular weight excluding hydrogens is 278 g/mol. The fourth-order valence-corrected chi connectivity index (χ4v) is 2.60. The molecule has 0 bridgehead atoms. The van der Waals surface area contributed by atoms with Gasteiger partial charge in [-0.1, -0.05) is 25.1 Å². The zero-order valence-electron chi connectivity index (χ0n) is 13.3. The van der Waals surface area contributed by atoms with Gasteiger partial charge < -0.3 is 10.2 Å². The van der Waals surface area contributed by atoms with Crippen LogP contribution >= 0.6 is 0 Å². The summed E-state index contributed by atoms with van der Waals surface area (Å²) in [6, 6.07) is 9.51. The zero-order valence-corrected chi connectivity index (χ0v) is 13.3. The molecule has 0 unspecified atom stereocenters.